The van der Waals surface area contributed by atoms with Crippen LogP contribution in [0.4, 0.5) is 0 Å². The average molecular weight is 388 g/mol. The summed E-state index contributed by atoms with van der Waals surface area (Å²) in [5.74, 6) is -0.0218. The highest BCUT2D eigenvalue weighted by Crippen LogP contribution is 2.33. The van der Waals surface area contributed by atoms with E-state index in [2.05, 4.69) is 23.0 Å². The Kier molecular flexibility index (Phi) is 4.79. The number of nitrogens with one attached hydrogen (secondary N) is 1. The van der Waals surface area contributed by atoms with Gasteiger partial charge in [-0.1, -0.05) is 6.07 Å². The number of hydrogen-bond donors (Lipinski definition) is 1. The van der Waals surface area contributed by atoms with Crippen LogP contribution < -0.4 is 0 Å². The maximum Gasteiger partial charge on any atom is 0.160 e. The highest BCUT2D eigenvalue weighted by Gasteiger charge is 2.34. The van der Waals surface area contributed by atoms with Crippen molar-refractivity contribution in [1.29, 1.82) is 0 Å². The molecule has 0 saturated carbocycles. The first-order chi connectivity index (χ1) is 12.9. The second-order valence-electron chi connectivity index (χ2n) is 7.16. The van der Waals surface area contributed by atoms with Gasteiger partial charge in [0.15, 0.2) is 16.0 Å². The molecule has 2 aliphatic rings. The number of ether oxygens (including phenoxy) is 1. The summed E-state index contributed by atoms with van der Waals surface area (Å²) in [5.41, 5.74) is 2.83. The number of hydrazine groups is 1. The molecular formula is C19H24N4O3S. The summed E-state index contributed by atoms with van der Waals surface area (Å²) in [4.78, 5) is 7.90. The van der Waals surface area contributed by atoms with Crippen LogP contribution in [0.25, 0.3) is 10.9 Å². The van der Waals surface area contributed by atoms with Crippen molar-refractivity contribution in [3.8, 4) is 0 Å². The molecule has 2 aliphatic heterocycles. The molecule has 0 radical (unpaired) electrons. The second-order valence-corrected chi connectivity index (χ2v) is 9.30. The molecule has 1 aromatic heterocycles. The van der Waals surface area contributed by atoms with Crippen LogP contribution in [-0.4, -0.2) is 67.4 Å². The molecule has 8 heteroatoms. The molecule has 27 heavy (non-hydrogen) atoms. The molecule has 0 aliphatic carbocycles. The van der Waals surface area contributed by atoms with Crippen LogP contribution in [0.2, 0.25) is 0 Å². The molecule has 1 fully saturated rings. The average Bonchev–Trinajstić information content (AvgIpc) is 3.09. The summed E-state index contributed by atoms with van der Waals surface area (Å²) in [6.07, 6.45) is 6.39. The number of benzene rings is 1. The van der Waals surface area contributed by atoms with Crippen molar-refractivity contribution in [3.05, 3.63) is 47.8 Å². The Labute approximate surface area is 159 Å². The van der Waals surface area contributed by atoms with Crippen LogP contribution in [0.5, 0.6) is 0 Å². The van der Waals surface area contributed by atoms with Gasteiger partial charge in [-0.3, -0.25) is 10.0 Å². The fourth-order valence-electron chi connectivity index (χ4n) is 3.69. The fraction of sp³-hybridized carbons (Fsp3) is 0.421. The van der Waals surface area contributed by atoms with Crippen LogP contribution in [0.1, 0.15) is 18.7 Å². The largest absolute Gasteiger partial charge is 0.378 e. The molecule has 0 bridgehead atoms. The number of rotatable bonds is 4. The molecule has 4 rings (SSSR count). The minimum Gasteiger partial charge on any atom is -0.378 e. The monoisotopic (exact) mass is 388 g/mol. The first-order valence-corrected chi connectivity index (χ1v) is 11.1. The van der Waals surface area contributed by atoms with E-state index in [1.165, 1.54) is 6.26 Å². The Hall–Kier alpha value is -2.16. The topological polar surface area (TPSA) is 78.0 Å². The number of nitrogens with zero attached hydrogens (tertiary/aromatic N) is 3. The van der Waals surface area contributed by atoms with Crippen LogP contribution in [0.15, 0.2) is 47.2 Å². The zero-order chi connectivity index (χ0) is 19.0. The molecule has 2 atom stereocenters. The molecule has 1 unspecified atom stereocenters. The Morgan fingerprint density at radius 2 is 2.19 bits per heavy atom. The van der Waals surface area contributed by atoms with Crippen molar-refractivity contribution in [2.45, 2.75) is 19.1 Å². The molecule has 1 aromatic carbocycles. The standard InChI is InChI=1S/C19H24N4O3S/c1-14-12-26-10-9-22(14)23-17(13-27(2,24)25)6-8-21-19(23)16-3-4-18-15(11-16)5-7-20-18/h3-8,11,14,19-20H,9-10,12-13H2,1-2H3/t14-,19?/m0/s1. The van der Waals surface area contributed by atoms with Gasteiger partial charge in [0.25, 0.3) is 0 Å². The van der Waals surface area contributed by atoms with Crippen LogP contribution in [0, 0.1) is 0 Å². The molecule has 1 N–H and O–H groups in total. The van der Waals surface area contributed by atoms with E-state index in [9.17, 15) is 8.42 Å². The van der Waals surface area contributed by atoms with Gasteiger partial charge in [0.05, 0.1) is 25.0 Å². The SMILES string of the molecule is C[C@H]1COCCN1N1C(CS(C)(=O)=O)=CC=NC1c1ccc2[nH]ccc2c1. The number of hydrogen-bond acceptors (Lipinski definition) is 6. The van der Waals surface area contributed by atoms with E-state index in [4.69, 9.17) is 9.73 Å². The van der Waals surface area contributed by atoms with Gasteiger partial charge < -0.3 is 9.72 Å². The Morgan fingerprint density at radius 1 is 1.33 bits per heavy atom. The Morgan fingerprint density at radius 3 is 2.96 bits per heavy atom. The first kappa shape index (κ1) is 18.2. The number of sulfone groups is 1. The number of H-pyrrole nitrogens is 1. The molecule has 2 aromatic rings. The van der Waals surface area contributed by atoms with E-state index in [-0.39, 0.29) is 18.0 Å². The van der Waals surface area contributed by atoms with E-state index in [1.807, 2.05) is 29.4 Å². The van der Waals surface area contributed by atoms with Gasteiger partial charge in [-0.15, -0.1) is 0 Å². The number of fused-ring (bicyclic) bond motifs is 1. The number of aromatic nitrogens is 1. The van der Waals surface area contributed by atoms with Crippen LogP contribution in [0.3, 0.4) is 0 Å². The van der Waals surface area contributed by atoms with Crippen LogP contribution in [-0.2, 0) is 14.6 Å². The number of aromatic amines is 1. The maximum atomic E-state index is 12.0. The summed E-state index contributed by atoms with van der Waals surface area (Å²) >= 11 is 0. The first-order valence-electron chi connectivity index (χ1n) is 9.03. The van der Waals surface area contributed by atoms with Gasteiger partial charge in [0.1, 0.15) is 0 Å². The summed E-state index contributed by atoms with van der Waals surface area (Å²) < 4.78 is 29.6. The van der Waals surface area contributed by atoms with Crippen molar-refractivity contribution in [3.63, 3.8) is 0 Å². The zero-order valence-electron chi connectivity index (χ0n) is 15.5. The van der Waals surface area contributed by atoms with Crippen molar-refractivity contribution < 1.29 is 13.2 Å². The molecule has 0 spiro atoms. The third-order valence-corrected chi connectivity index (χ3v) is 5.74. The summed E-state index contributed by atoms with van der Waals surface area (Å²) in [5, 5.41) is 5.34. The normalized spacial score (nSPS) is 24.4. The van der Waals surface area contributed by atoms with Crippen molar-refractivity contribution in [2.75, 3.05) is 31.8 Å². The lowest BCUT2D eigenvalue weighted by molar-refractivity contribution is -0.124. The highest BCUT2D eigenvalue weighted by molar-refractivity contribution is 7.90. The number of aliphatic imine (C=N–C) groups is 1. The molecule has 0 amide bonds. The van der Waals surface area contributed by atoms with Crippen molar-refractivity contribution >= 4 is 27.0 Å². The van der Waals surface area contributed by atoms with Crippen molar-refractivity contribution in [2.24, 2.45) is 4.99 Å². The molecule has 3 heterocycles. The minimum atomic E-state index is -3.18. The summed E-state index contributed by atoms with van der Waals surface area (Å²) in [7, 11) is -3.18. The molecule has 144 valence electrons. The summed E-state index contributed by atoms with van der Waals surface area (Å²) in [6.45, 7) is 4.00. The van der Waals surface area contributed by atoms with Gasteiger partial charge >= 0.3 is 0 Å². The fourth-order valence-corrected chi connectivity index (χ4v) is 4.46. The highest BCUT2D eigenvalue weighted by atomic mass is 32.2. The van der Waals surface area contributed by atoms with Gasteiger partial charge in [0, 0.05) is 36.4 Å². The van der Waals surface area contributed by atoms with E-state index < -0.39 is 9.84 Å². The third kappa shape index (κ3) is 3.78. The van der Waals surface area contributed by atoms with Gasteiger partial charge in [0.2, 0.25) is 0 Å². The number of morpholine rings is 1. The Bertz CT molecular complexity index is 995. The van der Waals surface area contributed by atoms with E-state index >= 15 is 0 Å². The lowest BCUT2D eigenvalue weighted by atomic mass is 10.1. The maximum absolute atomic E-state index is 12.0. The number of allylic oxidation sites excluding steroid dienone is 1. The third-order valence-electron chi connectivity index (χ3n) is 4.92. The Balaban J connectivity index is 1.75. The molecular weight excluding hydrogens is 364 g/mol. The second kappa shape index (κ2) is 7.10. The lowest BCUT2D eigenvalue weighted by Gasteiger charge is -2.47. The van der Waals surface area contributed by atoms with E-state index in [0.29, 0.717) is 19.8 Å². The lowest BCUT2D eigenvalue weighted by Crippen LogP contribution is -2.55. The minimum absolute atomic E-state index is 0.0218. The predicted octanol–water partition coefficient (Wildman–Crippen LogP) is 2.12. The summed E-state index contributed by atoms with van der Waals surface area (Å²) in [6, 6.07) is 8.35. The van der Waals surface area contributed by atoms with Gasteiger partial charge in [-0.25, -0.2) is 13.4 Å². The molecule has 1 saturated heterocycles. The van der Waals surface area contributed by atoms with Crippen molar-refractivity contribution in [1.82, 2.24) is 15.0 Å². The smallest absolute Gasteiger partial charge is 0.160 e. The zero-order valence-corrected chi connectivity index (χ0v) is 16.3. The molecule has 7 nitrogen and oxygen atoms in total. The van der Waals surface area contributed by atoms with E-state index in [1.54, 1.807) is 12.3 Å². The van der Waals surface area contributed by atoms with Gasteiger partial charge in [-0.2, -0.15) is 0 Å². The predicted molar refractivity (Wildman–Crippen MR) is 106 cm³/mol. The van der Waals surface area contributed by atoms with Crippen LogP contribution >= 0.6 is 0 Å². The van der Waals surface area contributed by atoms with E-state index in [0.717, 1.165) is 22.2 Å². The quantitative estimate of drug-likeness (QED) is 0.868. The van der Waals surface area contributed by atoms with Gasteiger partial charge in [-0.05, 0) is 42.1 Å².